The zero-order chi connectivity index (χ0) is 13.1. The van der Waals surface area contributed by atoms with Crippen LogP contribution in [0.1, 0.15) is 35.2 Å². The maximum atomic E-state index is 12.4. The van der Waals surface area contributed by atoms with Crippen molar-refractivity contribution in [2.24, 2.45) is 0 Å². The van der Waals surface area contributed by atoms with Gasteiger partial charge in [0.1, 0.15) is 5.75 Å². The molecule has 1 aromatic rings. The lowest BCUT2D eigenvalue weighted by atomic mass is 10.0. The van der Waals surface area contributed by atoms with Gasteiger partial charge in [0.25, 0.3) is 5.91 Å². The molecule has 0 aromatic heterocycles. The summed E-state index contributed by atoms with van der Waals surface area (Å²) in [7, 11) is 0. The minimum absolute atomic E-state index is 0.0846. The Hall–Kier alpha value is -1.22. The van der Waals surface area contributed by atoms with Crippen LogP contribution in [0.25, 0.3) is 0 Å². The Morgan fingerprint density at radius 1 is 1.50 bits per heavy atom. The van der Waals surface area contributed by atoms with Gasteiger partial charge in [-0.15, -0.1) is 11.6 Å². The lowest BCUT2D eigenvalue weighted by Crippen LogP contribution is -2.44. The van der Waals surface area contributed by atoms with E-state index in [9.17, 15) is 9.90 Å². The molecule has 1 saturated heterocycles. The molecule has 1 atom stereocenters. The average Bonchev–Trinajstić information content (AvgIpc) is 2.41. The number of likely N-dealkylation sites (tertiary alicyclic amines) is 1. The molecule has 0 aliphatic carbocycles. The van der Waals surface area contributed by atoms with Crippen molar-refractivity contribution in [2.45, 2.75) is 32.2 Å². The smallest absolute Gasteiger partial charge is 0.257 e. The normalized spacial score (nSPS) is 19.9. The molecule has 4 heteroatoms. The van der Waals surface area contributed by atoms with E-state index in [-0.39, 0.29) is 17.7 Å². The molecule has 0 spiro atoms. The van der Waals surface area contributed by atoms with E-state index in [2.05, 4.69) is 0 Å². The Balaban J connectivity index is 2.27. The van der Waals surface area contributed by atoms with Crippen LogP contribution in [-0.2, 0) is 0 Å². The lowest BCUT2D eigenvalue weighted by Gasteiger charge is -2.34. The molecule has 1 N–H and O–H groups in total. The monoisotopic (exact) mass is 267 g/mol. The van der Waals surface area contributed by atoms with Gasteiger partial charge >= 0.3 is 0 Å². The highest BCUT2D eigenvalue weighted by molar-refractivity contribution is 6.18. The molecule has 0 radical (unpaired) electrons. The Labute approximate surface area is 112 Å². The van der Waals surface area contributed by atoms with Crippen LogP contribution in [-0.4, -0.2) is 34.4 Å². The number of hydrogen-bond acceptors (Lipinski definition) is 2. The van der Waals surface area contributed by atoms with Crippen LogP contribution in [0.2, 0.25) is 0 Å². The van der Waals surface area contributed by atoms with E-state index >= 15 is 0 Å². The van der Waals surface area contributed by atoms with E-state index in [0.29, 0.717) is 11.4 Å². The SMILES string of the molecule is Cc1cccc(C(=O)N2CCCCC2CCl)c1O. The maximum absolute atomic E-state index is 12.4. The zero-order valence-corrected chi connectivity index (χ0v) is 11.3. The van der Waals surface area contributed by atoms with E-state index in [1.54, 1.807) is 30.0 Å². The summed E-state index contributed by atoms with van der Waals surface area (Å²) in [5, 5.41) is 9.98. The summed E-state index contributed by atoms with van der Waals surface area (Å²) in [5.74, 6) is 0.432. The fourth-order valence-electron chi connectivity index (χ4n) is 2.41. The molecule has 1 heterocycles. The summed E-state index contributed by atoms with van der Waals surface area (Å²) in [6, 6.07) is 5.35. The molecular weight excluding hydrogens is 250 g/mol. The Morgan fingerprint density at radius 3 is 3.00 bits per heavy atom. The van der Waals surface area contributed by atoms with Gasteiger partial charge in [0.05, 0.1) is 5.56 Å². The second kappa shape index (κ2) is 5.61. The topological polar surface area (TPSA) is 40.5 Å². The van der Waals surface area contributed by atoms with Crippen LogP contribution in [0.3, 0.4) is 0 Å². The maximum Gasteiger partial charge on any atom is 0.257 e. The summed E-state index contributed by atoms with van der Waals surface area (Å²) in [6.07, 6.45) is 3.06. The number of alkyl halides is 1. The molecule has 1 aliphatic rings. The van der Waals surface area contributed by atoms with Gasteiger partial charge in [-0.3, -0.25) is 4.79 Å². The second-order valence-corrected chi connectivity index (χ2v) is 5.08. The molecular formula is C14H18ClNO2. The fourth-order valence-corrected chi connectivity index (χ4v) is 2.74. The number of carbonyl (C=O) groups is 1. The largest absolute Gasteiger partial charge is 0.507 e. The van der Waals surface area contributed by atoms with Crippen molar-refractivity contribution in [2.75, 3.05) is 12.4 Å². The van der Waals surface area contributed by atoms with Crippen molar-refractivity contribution in [1.82, 2.24) is 4.90 Å². The molecule has 1 aliphatic heterocycles. The highest BCUT2D eigenvalue weighted by Gasteiger charge is 2.28. The number of halogens is 1. The predicted octanol–water partition coefficient (Wildman–Crippen LogP) is 2.93. The van der Waals surface area contributed by atoms with Crippen molar-refractivity contribution >= 4 is 17.5 Å². The van der Waals surface area contributed by atoms with Gasteiger partial charge in [0.2, 0.25) is 0 Å². The lowest BCUT2D eigenvalue weighted by molar-refractivity contribution is 0.0636. The Bertz CT molecular complexity index is 447. The molecule has 1 unspecified atom stereocenters. The Morgan fingerprint density at radius 2 is 2.28 bits per heavy atom. The number of amides is 1. The molecule has 0 bridgehead atoms. The van der Waals surface area contributed by atoms with Crippen molar-refractivity contribution < 1.29 is 9.90 Å². The van der Waals surface area contributed by atoms with Gasteiger partial charge in [-0.2, -0.15) is 0 Å². The molecule has 1 amide bonds. The third-order valence-corrected chi connectivity index (χ3v) is 3.89. The minimum atomic E-state index is -0.110. The first-order valence-corrected chi connectivity index (χ1v) is 6.84. The molecule has 0 saturated carbocycles. The van der Waals surface area contributed by atoms with Gasteiger partial charge < -0.3 is 10.0 Å². The standard InChI is InChI=1S/C14H18ClNO2/c1-10-5-4-7-12(13(10)17)14(18)16-8-3-2-6-11(16)9-15/h4-5,7,11,17H,2-3,6,8-9H2,1H3. The third-order valence-electron chi connectivity index (χ3n) is 3.53. The van der Waals surface area contributed by atoms with Crippen LogP contribution >= 0.6 is 11.6 Å². The van der Waals surface area contributed by atoms with E-state index in [1.165, 1.54) is 0 Å². The van der Waals surface area contributed by atoms with Crippen LogP contribution in [0.15, 0.2) is 18.2 Å². The third kappa shape index (κ3) is 2.46. The van der Waals surface area contributed by atoms with E-state index < -0.39 is 0 Å². The predicted molar refractivity (Wildman–Crippen MR) is 72.2 cm³/mol. The van der Waals surface area contributed by atoms with E-state index in [1.807, 2.05) is 0 Å². The van der Waals surface area contributed by atoms with Gasteiger partial charge in [-0.05, 0) is 37.8 Å². The van der Waals surface area contributed by atoms with Crippen LogP contribution in [0.4, 0.5) is 0 Å². The molecule has 98 valence electrons. The van der Waals surface area contributed by atoms with Gasteiger partial charge in [-0.1, -0.05) is 12.1 Å². The number of piperidine rings is 1. The average molecular weight is 268 g/mol. The van der Waals surface area contributed by atoms with Gasteiger partial charge in [0.15, 0.2) is 0 Å². The highest BCUT2D eigenvalue weighted by atomic mass is 35.5. The number of aromatic hydroxyl groups is 1. The number of rotatable bonds is 2. The first kappa shape index (κ1) is 13.2. The number of hydrogen-bond donors (Lipinski definition) is 1. The first-order valence-electron chi connectivity index (χ1n) is 6.30. The summed E-state index contributed by atoms with van der Waals surface area (Å²) in [4.78, 5) is 14.2. The number of aryl methyl sites for hydroxylation is 1. The van der Waals surface area contributed by atoms with Gasteiger partial charge in [-0.25, -0.2) is 0 Å². The number of phenols is 1. The summed E-state index contributed by atoms with van der Waals surface area (Å²) >= 11 is 5.92. The molecule has 1 fully saturated rings. The number of para-hydroxylation sites is 1. The number of benzene rings is 1. The minimum Gasteiger partial charge on any atom is -0.507 e. The molecule has 3 nitrogen and oxygen atoms in total. The van der Waals surface area contributed by atoms with Crippen LogP contribution in [0.5, 0.6) is 5.75 Å². The van der Waals surface area contributed by atoms with Crippen molar-refractivity contribution in [3.05, 3.63) is 29.3 Å². The summed E-state index contributed by atoms with van der Waals surface area (Å²) in [5.41, 5.74) is 1.10. The fraction of sp³-hybridized carbons (Fsp3) is 0.500. The van der Waals surface area contributed by atoms with E-state index in [4.69, 9.17) is 11.6 Å². The first-order chi connectivity index (χ1) is 8.65. The van der Waals surface area contributed by atoms with Gasteiger partial charge in [0, 0.05) is 18.5 Å². The zero-order valence-electron chi connectivity index (χ0n) is 10.5. The van der Waals surface area contributed by atoms with E-state index in [0.717, 1.165) is 31.4 Å². The summed E-state index contributed by atoms with van der Waals surface area (Å²) < 4.78 is 0. The number of nitrogens with zero attached hydrogens (tertiary/aromatic N) is 1. The van der Waals surface area contributed by atoms with Crippen molar-refractivity contribution in [1.29, 1.82) is 0 Å². The van der Waals surface area contributed by atoms with Crippen LogP contribution in [0, 0.1) is 6.92 Å². The Kier molecular flexibility index (Phi) is 4.12. The molecule has 1 aromatic carbocycles. The molecule has 18 heavy (non-hydrogen) atoms. The van der Waals surface area contributed by atoms with Crippen molar-refractivity contribution in [3.63, 3.8) is 0 Å². The summed E-state index contributed by atoms with van der Waals surface area (Å²) in [6.45, 7) is 2.52. The quantitative estimate of drug-likeness (QED) is 0.837. The van der Waals surface area contributed by atoms with Crippen LogP contribution < -0.4 is 0 Å². The second-order valence-electron chi connectivity index (χ2n) is 4.77. The number of phenolic OH excluding ortho intramolecular Hbond substituents is 1. The molecule has 2 rings (SSSR count). The van der Waals surface area contributed by atoms with Crippen molar-refractivity contribution in [3.8, 4) is 5.75 Å². The highest BCUT2D eigenvalue weighted by Crippen LogP contribution is 2.26. The number of carbonyl (C=O) groups excluding carboxylic acids is 1.